The average Bonchev–Trinajstić information content (AvgIpc) is 3.81. The van der Waals surface area contributed by atoms with Crippen molar-refractivity contribution in [1.82, 2.24) is 0 Å². The second-order valence-corrected chi connectivity index (χ2v) is 17.2. The lowest BCUT2D eigenvalue weighted by molar-refractivity contribution is 0.0910. The van der Waals surface area contributed by atoms with Crippen molar-refractivity contribution in [2.24, 2.45) is 0 Å². The van der Waals surface area contributed by atoms with E-state index in [0.717, 1.165) is 20.9 Å². The summed E-state index contributed by atoms with van der Waals surface area (Å²) >= 11 is 0. The van der Waals surface area contributed by atoms with E-state index in [2.05, 4.69) is 37.5 Å². The number of Topliss-reactive ketones (excluding diaryl/α,β-unsaturated/α-hetero) is 2. The van der Waals surface area contributed by atoms with Crippen LogP contribution in [0.5, 0.6) is 23.0 Å². The van der Waals surface area contributed by atoms with Gasteiger partial charge in [-0.15, -0.1) is 0 Å². The normalized spacial score (nSPS) is 12.6. The summed E-state index contributed by atoms with van der Waals surface area (Å²) in [6.07, 6.45) is 0. The lowest BCUT2D eigenvalue weighted by atomic mass is 9.78. The third-order valence-corrected chi connectivity index (χ3v) is 12.3. The Hall–Kier alpha value is -9.90. The zero-order valence-electron chi connectivity index (χ0n) is 38.1. The Bertz CT molecular complexity index is 3360. The molecule has 2 aliphatic heterocycles. The maximum atomic E-state index is 13.5. The number of fused-ring (bicyclic) bond motifs is 2. The third-order valence-electron chi connectivity index (χ3n) is 12.3. The van der Waals surface area contributed by atoms with Gasteiger partial charge in [0, 0.05) is 27.7 Å². The molecule has 10 rings (SSSR count). The van der Waals surface area contributed by atoms with Gasteiger partial charge in [-0.3, -0.25) is 28.8 Å². The molecule has 10 heteroatoms. The molecule has 340 valence electrons. The van der Waals surface area contributed by atoms with Gasteiger partial charge in [-0.1, -0.05) is 86.4 Å². The molecule has 0 bridgehead atoms. The molecular formula is C61H38N2O8. The number of amides is 4. The number of imide groups is 2. The monoisotopic (exact) mass is 926 g/mol. The van der Waals surface area contributed by atoms with Gasteiger partial charge in [0.25, 0.3) is 23.6 Å². The quantitative estimate of drug-likeness (QED) is 0.0754. The molecule has 71 heavy (non-hydrogen) atoms. The largest absolute Gasteiger partial charge is 0.457 e. The molecule has 2 aliphatic rings. The maximum Gasteiger partial charge on any atom is 0.266 e. The van der Waals surface area contributed by atoms with E-state index in [1.807, 2.05) is 84.9 Å². The maximum absolute atomic E-state index is 13.5. The highest BCUT2D eigenvalue weighted by molar-refractivity contribution is 6.36. The van der Waals surface area contributed by atoms with Crippen LogP contribution in [-0.4, -0.2) is 35.2 Å². The zero-order valence-corrected chi connectivity index (χ0v) is 38.1. The van der Waals surface area contributed by atoms with Gasteiger partial charge in [0.15, 0.2) is 0 Å². The van der Waals surface area contributed by atoms with Crippen molar-refractivity contribution >= 4 is 46.6 Å². The molecule has 0 atom stereocenters. The molecule has 0 spiro atoms. The van der Waals surface area contributed by atoms with Crippen LogP contribution in [0.3, 0.4) is 0 Å². The molecule has 0 fully saturated rings. The van der Waals surface area contributed by atoms with Crippen molar-refractivity contribution < 1.29 is 38.2 Å². The summed E-state index contributed by atoms with van der Waals surface area (Å²) in [4.78, 5) is 81.5. The lowest BCUT2D eigenvalue weighted by Gasteiger charge is -2.26. The molecule has 0 unspecified atom stereocenters. The van der Waals surface area contributed by atoms with Crippen molar-refractivity contribution in [3.63, 3.8) is 0 Å². The molecule has 0 aliphatic carbocycles. The Labute approximate surface area is 408 Å². The van der Waals surface area contributed by atoms with Gasteiger partial charge >= 0.3 is 0 Å². The fourth-order valence-electron chi connectivity index (χ4n) is 8.32. The second kappa shape index (κ2) is 18.6. The summed E-state index contributed by atoms with van der Waals surface area (Å²) in [5.74, 6) is 10.1. The number of nitrogens with zero attached hydrogens (tertiary/aromatic N) is 2. The van der Waals surface area contributed by atoms with E-state index in [4.69, 9.17) is 9.47 Å². The molecule has 0 saturated carbocycles. The number of carbonyl (C=O) groups is 6. The van der Waals surface area contributed by atoms with Gasteiger partial charge in [-0.05, 0) is 156 Å². The van der Waals surface area contributed by atoms with Crippen molar-refractivity contribution in [2.75, 3.05) is 9.80 Å². The van der Waals surface area contributed by atoms with Crippen LogP contribution in [0.4, 0.5) is 11.4 Å². The predicted octanol–water partition coefficient (Wildman–Crippen LogP) is 11.7. The van der Waals surface area contributed by atoms with E-state index in [0.29, 0.717) is 45.5 Å². The topological polar surface area (TPSA) is 127 Å². The highest BCUT2D eigenvalue weighted by Gasteiger charge is 2.38. The summed E-state index contributed by atoms with van der Waals surface area (Å²) in [6, 6.07) is 55.8. The minimum atomic E-state index is -0.530. The standard InChI is InChI=1S/C61H38N2O8/c1-61(2,43-17-25-47(26-18-43)70-49-29-21-45(22-30-49)62-57(66)51-33-15-41(37-53(51)59(62)68)55(64)35-13-39-9-5-3-6-10-39)44-19-27-48(28-20-44)71-50-31-23-46(24-32-50)63-58(67)52-34-16-42(38-54(52)60(63)69)56(65)36-14-40-11-7-4-8-12-40/h3-12,15-34,37-38H,1-2H3. The highest BCUT2D eigenvalue weighted by atomic mass is 16.5. The smallest absolute Gasteiger partial charge is 0.266 e. The summed E-state index contributed by atoms with van der Waals surface area (Å²) in [5.41, 5.74) is 4.94. The zero-order chi connectivity index (χ0) is 49.2. The van der Waals surface area contributed by atoms with Crippen molar-refractivity contribution in [2.45, 2.75) is 19.3 Å². The summed E-state index contributed by atoms with van der Waals surface area (Å²) < 4.78 is 12.3. The Morgan fingerprint density at radius 1 is 0.394 bits per heavy atom. The minimum Gasteiger partial charge on any atom is -0.457 e. The molecule has 0 saturated heterocycles. The molecule has 8 aromatic rings. The van der Waals surface area contributed by atoms with Crippen molar-refractivity contribution in [3.05, 3.63) is 250 Å². The van der Waals surface area contributed by atoms with Crippen LogP contribution >= 0.6 is 0 Å². The molecular weight excluding hydrogens is 889 g/mol. The number of carbonyl (C=O) groups excluding carboxylic acids is 6. The fourth-order valence-corrected chi connectivity index (χ4v) is 8.32. The first-order chi connectivity index (χ1) is 34.4. The van der Waals surface area contributed by atoms with Crippen LogP contribution in [0.15, 0.2) is 194 Å². The third kappa shape index (κ3) is 9.00. The Morgan fingerprint density at radius 2 is 0.718 bits per heavy atom. The summed E-state index contributed by atoms with van der Waals surface area (Å²) in [6.45, 7) is 4.23. The average molecular weight is 927 g/mol. The molecule has 0 N–H and O–H groups in total. The Balaban J connectivity index is 0.742. The summed E-state index contributed by atoms with van der Waals surface area (Å²) in [7, 11) is 0. The molecule has 2 heterocycles. The van der Waals surface area contributed by atoms with E-state index in [1.165, 1.54) is 36.4 Å². The van der Waals surface area contributed by atoms with Gasteiger partial charge in [-0.2, -0.15) is 0 Å². The van der Waals surface area contributed by atoms with Crippen LogP contribution in [0, 0.1) is 23.7 Å². The van der Waals surface area contributed by atoms with E-state index in [1.54, 1.807) is 72.8 Å². The van der Waals surface area contributed by atoms with Crippen LogP contribution in [0.2, 0.25) is 0 Å². The van der Waals surface area contributed by atoms with Gasteiger partial charge < -0.3 is 9.47 Å². The van der Waals surface area contributed by atoms with Crippen molar-refractivity contribution in [1.29, 1.82) is 0 Å². The van der Waals surface area contributed by atoms with Gasteiger partial charge in [-0.25, -0.2) is 9.80 Å². The second-order valence-electron chi connectivity index (χ2n) is 17.2. The first-order valence-corrected chi connectivity index (χ1v) is 22.5. The first kappa shape index (κ1) is 44.9. The lowest BCUT2D eigenvalue weighted by Crippen LogP contribution is -2.29. The molecule has 4 amide bonds. The van der Waals surface area contributed by atoms with E-state index in [-0.39, 0.29) is 33.4 Å². The number of benzene rings is 8. The summed E-state index contributed by atoms with van der Waals surface area (Å²) in [5, 5.41) is 0. The fraction of sp³-hybridized carbons (Fsp3) is 0.0492. The van der Waals surface area contributed by atoms with Crippen LogP contribution in [-0.2, 0) is 5.41 Å². The number of ketones is 2. The molecule has 0 aromatic heterocycles. The molecule has 10 nitrogen and oxygen atoms in total. The number of rotatable bonds is 10. The number of hydrogen-bond donors (Lipinski definition) is 0. The minimum absolute atomic E-state index is 0.140. The van der Waals surface area contributed by atoms with E-state index >= 15 is 0 Å². The number of hydrogen-bond acceptors (Lipinski definition) is 8. The van der Waals surface area contributed by atoms with Crippen LogP contribution < -0.4 is 19.3 Å². The first-order valence-electron chi connectivity index (χ1n) is 22.5. The SMILES string of the molecule is CC(C)(c1ccc(Oc2ccc(N3C(=O)c4ccc(C(=O)C#Cc5ccccc5)cc4C3=O)cc2)cc1)c1ccc(Oc2ccc(N3C(=O)c4ccc(C(=O)C#Cc5ccccc5)cc4C3=O)cc2)cc1. The number of ether oxygens (including phenoxy) is 2. The van der Waals surface area contributed by atoms with Crippen molar-refractivity contribution in [3.8, 4) is 46.7 Å². The van der Waals surface area contributed by atoms with Gasteiger partial charge in [0.05, 0.1) is 33.6 Å². The predicted molar refractivity (Wildman–Crippen MR) is 269 cm³/mol. The van der Waals surface area contributed by atoms with E-state index < -0.39 is 40.6 Å². The Kier molecular flexibility index (Phi) is 11.8. The van der Waals surface area contributed by atoms with Gasteiger partial charge in [0.2, 0.25) is 11.6 Å². The molecule has 0 radical (unpaired) electrons. The highest BCUT2D eigenvalue weighted by Crippen LogP contribution is 2.37. The van der Waals surface area contributed by atoms with Crippen LogP contribution in [0.25, 0.3) is 0 Å². The van der Waals surface area contributed by atoms with E-state index in [9.17, 15) is 28.8 Å². The Morgan fingerprint density at radius 3 is 1.07 bits per heavy atom. The van der Waals surface area contributed by atoms with Crippen LogP contribution in [0.1, 0.15) is 98.2 Å². The number of anilines is 2. The van der Waals surface area contributed by atoms with Gasteiger partial charge in [0.1, 0.15) is 23.0 Å². The molecule has 8 aromatic carbocycles.